The molecular formula is C14H18N4O3. The second-order valence-electron chi connectivity index (χ2n) is 4.76. The highest BCUT2D eigenvalue weighted by Gasteiger charge is 2.14. The third kappa shape index (κ3) is 3.37. The largest absolute Gasteiger partial charge is 0.384 e. The van der Waals surface area contributed by atoms with Gasteiger partial charge in [0.1, 0.15) is 5.82 Å². The molecule has 0 spiro atoms. The molecule has 2 aromatic heterocycles. The van der Waals surface area contributed by atoms with Crippen LogP contribution in [0.15, 0.2) is 22.9 Å². The molecule has 0 N–H and O–H groups in total. The molecule has 7 heteroatoms. The molecule has 0 aromatic carbocycles. The summed E-state index contributed by atoms with van der Waals surface area (Å²) in [4.78, 5) is 11.0. The molecule has 21 heavy (non-hydrogen) atoms. The fourth-order valence-corrected chi connectivity index (χ4v) is 2.16. The molecule has 0 radical (unpaired) electrons. The summed E-state index contributed by atoms with van der Waals surface area (Å²) in [6.45, 7) is 3.81. The number of morpholine rings is 1. The van der Waals surface area contributed by atoms with E-state index in [1.807, 2.05) is 12.1 Å². The highest BCUT2D eigenvalue weighted by Crippen LogP contribution is 2.20. The van der Waals surface area contributed by atoms with Crippen molar-refractivity contribution < 1.29 is 14.0 Å². The molecule has 0 bridgehead atoms. The van der Waals surface area contributed by atoms with Crippen LogP contribution in [0.25, 0.3) is 11.5 Å². The van der Waals surface area contributed by atoms with E-state index in [2.05, 4.69) is 20.0 Å². The quantitative estimate of drug-likeness (QED) is 0.818. The third-order valence-electron chi connectivity index (χ3n) is 3.33. The van der Waals surface area contributed by atoms with Crippen molar-refractivity contribution in [2.75, 3.05) is 44.9 Å². The third-order valence-corrected chi connectivity index (χ3v) is 3.33. The van der Waals surface area contributed by atoms with Gasteiger partial charge in [0.15, 0.2) is 5.82 Å². The molecule has 0 amide bonds. The van der Waals surface area contributed by atoms with Gasteiger partial charge in [-0.05, 0) is 12.1 Å². The summed E-state index contributed by atoms with van der Waals surface area (Å²) in [6.07, 6.45) is 2.40. The topological polar surface area (TPSA) is 73.5 Å². The van der Waals surface area contributed by atoms with Crippen LogP contribution < -0.4 is 4.90 Å². The molecule has 112 valence electrons. The first kappa shape index (κ1) is 14.0. The van der Waals surface area contributed by atoms with E-state index in [9.17, 15) is 0 Å². The number of nitrogens with zero attached hydrogens (tertiary/aromatic N) is 4. The van der Waals surface area contributed by atoms with E-state index >= 15 is 0 Å². The zero-order valence-corrected chi connectivity index (χ0v) is 12.0. The maximum atomic E-state index is 5.34. The van der Waals surface area contributed by atoms with Gasteiger partial charge in [0.2, 0.25) is 0 Å². The van der Waals surface area contributed by atoms with Crippen LogP contribution in [0, 0.1) is 0 Å². The second-order valence-corrected chi connectivity index (χ2v) is 4.76. The Hall–Kier alpha value is -1.99. The Kier molecular flexibility index (Phi) is 4.42. The van der Waals surface area contributed by atoms with Crippen molar-refractivity contribution in [3.63, 3.8) is 0 Å². The number of hydrogen-bond acceptors (Lipinski definition) is 7. The second kappa shape index (κ2) is 6.64. The van der Waals surface area contributed by atoms with Gasteiger partial charge in [0.25, 0.3) is 5.89 Å². The molecule has 1 aliphatic rings. The molecular weight excluding hydrogens is 272 g/mol. The molecule has 1 aliphatic heterocycles. The van der Waals surface area contributed by atoms with E-state index in [0.717, 1.165) is 37.7 Å². The summed E-state index contributed by atoms with van der Waals surface area (Å²) in [5.74, 6) is 2.08. The monoisotopic (exact) mass is 290 g/mol. The van der Waals surface area contributed by atoms with Gasteiger partial charge in [-0.25, -0.2) is 4.98 Å². The fraction of sp³-hybridized carbons (Fsp3) is 0.500. The molecule has 3 heterocycles. The molecule has 0 aliphatic carbocycles. The van der Waals surface area contributed by atoms with Crippen LogP contribution in [0.1, 0.15) is 5.82 Å². The van der Waals surface area contributed by atoms with E-state index < -0.39 is 0 Å². The maximum absolute atomic E-state index is 5.34. The first-order valence-corrected chi connectivity index (χ1v) is 6.97. The summed E-state index contributed by atoms with van der Waals surface area (Å²) in [5, 5.41) is 3.92. The van der Waals surface area contributed by atoms with Crippen LogP contribution in [0.3, 0.4) is 0 Å². The zero-order chi connectivity index (χ0) is 14.5. The number of ether oxygens (including phenoxy) is 2. The van der Waals surface area contributed by atoms with Crippen molar-refractivity contribution in [2.24, 2.45) is 0 Å². The van der Waals surface area contributed by atoms with Crippen molar-refractivity contribution in [2.45, 2.75) is 6.42 Å². The number of rotatable bonds is 5. The Morgan fingerprint density at radius 1 is 1.29 bits per heavy atom. The van der Waals surface area contributed by atoms with Crippen molar-refractivity contribution in [3.8, 4) is 11.5 Å². The lowest BCUT2D eigenvalue weighted by Crippen LogP contribution is -2.36. The minimum Gasteiger partial charge on any atom is -0.384 e. The van der Waals surface area contributed by atoms with Crippen LogP contribution in [-0.4, -0.2) is 55.1 Å². The smallest absolute Gasteiger partial charge is 0.259 e. The number of hydrogen-bond donors (Lipinski definition) is 0. The lowest BCUT2D eigenvalue weighted by Gasteiger charge is -2.27. The molecule has 0 atom stereocenters. The van der Waals surface area contributed by atoms with Crippen LogP contribution in [0.4, 0.5) is 5.82 Å². The SMILES string of the molecule is COCCc1noc(-c2ccc(N3CCOCC3)nc2)n1. The summed E-state index contributed by atoms with van der Waals surface area (Å²) >= 11 is 0. The predicted molar refractivity (Wildman–Crippen MR) is 76.1 cm³/mol. The average molecular weight is 290 g/mol. The Morgan fingerprint density at radius 2 is 2.14 bits per heavy atom. The van der Waals surface area contributed by atoms with Crippen molar-refractivity contribution >= 4 is 5.82 Å². The number of methoxy groups -OCH3 is 1. The van der Waals surface area contributed by atoms with Gasteiger partial charge in [-0.15, -0.1) is 0 Å². The van der Waals surface area contributed by atoms with E-state index in [1.54, 1.807) is 13.3 Å². The fourth-order valence-electron chi connectivity index (χ4n) is 2.16. The number of pyridine rings is 1. The average Bonchev–Trinajstić information content (AvgIpc) is 3.03. The van der Waals surface area contributed by atoms with Gasteiger partial charge in [-0.2, -0.15) is 4.98 Å². The molecule has 2 aromatic rings. The van der Waals surface area contributed by atoms with E-state index in [-0.39, 0.29) is 0 Å². The van der Waals surface area contributed by atoms with Gasteiger partial charge in [0, 0.05) is 32.8 Å². The standard InChI is InChI=1S/C14H18N4O3/c1-19-7-4-12-16-14(21-17-12)11-2-3-13(15-10-11)18-5-8-20-9-6-18/h2-3,10H,4-9H2,1H3. The summed E-state index contributed by atoms with van der Waals surface area (Å²) in [5.41, 5.74) is 0.822. The minimum absolute atomic E-state index is 0.488. The Morgan fingerprint density at radius 3 is 2.86 bits per heavy atom. The zero-order valence-electron chi connectivity index (χ0n) is 12.0. The highest BCUT2D eigenvalue weighted by atomic mass is 16.5. The lowest BCUT2D eigenvalue weighted by molar-refractivity contribution is 0.122. The van der Waals surface area contributed by atoms with Crippen LogP contribution in [0.5, 0.6) is 0 Å². The molecule has 1 saturated heterocycles. The molecule has 7 nitrogen and oxygen atoms in total. The van der Waals surface area contributed by atoms with E-state index in [4.69, 9.17) is 14.0 Å². The maximum Gasteiger partial charge on any atom is 0.259 e. The Balaban J connectivity index is 1.69. The molecule has 1 fully saturated rings. The van der Waals surface area contributed by atoms with Crippen LogP contribution in [0.2, 0.25) is 0 Å². The normalized spacial score (nSPS) is 15.4. The molecule has 3 rings (SSSR count). The summed E-state index contributed by atoms with van der Waals surface area (Å²) < 4.78 is 15.6. The minimum atomic E-state index is 0.488. The van der Waals surface area contributed by atoms with Crippen LogP contribution in [-0.2, 0) is 15.9 Å². The first-order chi connectivity index (χ1) is 10.4. The first-order valence-electron chi connectivity index (χ1n) is 6.97. The van der Waals surface area contributed by atoms with Crippen molar-refractivity contribution in [1.29, 1.82) is 0 Å². The molecule has 0 saturated carbocycles. The summed E-state index contributed by atoms with van der Waals surface area (Å²) in [7, 11) is 1.65. The van der Waals surface area contributed by atoms with Gasteiger partial charge >= 0.3 is 0 Å². The predicted octanol–water partition coefficient (Wildman–Crippen LogP) is 1.16. The lowest BCUT2D eigenvalue weighted by atomic mass is 10.2. The van der Waals surface area contributed by atoms with Gasteiger partial charge in [-0.3, -0.25) is 0 Å². The highest BCUT2D eigenvalue weighted by molar-refractivity contribution is 5.54. The van der Waals surface area contributed by atoms with E-state index in [0.29, 0.717) is 24.7 Å². The summed E-state index contributed by atoms with van der Waals surface area (Å²) in [6, 6.07) is 3.92. The molecule has 0 unspecified atom stereocenters. The number of anilines is 1. The van der Waals surface area contributed by atoms with Crippen LogP contribution >= 0.6 is 0 Å². The van der Waals surface area contributed by atoms with Gasteiger partial charge in [-0.1, -0.05) is 5.16 Å². The Labute approximate surface area is 122 Å². The van der Waals surface area contributed by atoms with Gasteiger partial charge < -0.3 is 18.9 Å². The van der Waals surface area contributed by atoms with E-state index in [1.165, 1.54) is 0 Å². The Bertz CT molecular complexity index is 564. The number of aromatic nitrogens is 3. The van der Waals surface area contributed by atoms with Crippen molar-refractivity contribution in [3.05, 3.63) is 24.2 Å². The van der Waals surface area contributed by atoms with Crippen molar-refractivity contribution in [1.82, 2.24) is 15.1 Å². The van der Waals surface area contributed by atoms with Gasteiger partial charge in [0.05, 0.1) is 25.4 Å².